The summed E-state index contributed by atoms with van der Waals surface area (Å²) in [6.07, 6.45) is 3.80. The lowest BCUT2D eigenvalue weighted by Gasteiger charge is -2.25. The van der Waals surface area contributed by atoms with E-state index in [-0.39, 0.29) is 5.54 Å². The molecule has 174 valence electrons. The molecule has 1 heterocycles. The molecular formula is C34H28N2. The summed E-state index contributed by atoms with van der Waals surface area (Å²) in [6.45, 7) is 4.52. The summed E-state index contributed by atoms with van der Waals surface area (Å²) < 4.78 is 4.54. The molecule has 0 saturated carbocycles. The van der Waals surface area contributed by atoms with Crippen molar-refractivity contribution in [1.29, 1.82) is 0 Å². The minimum absolute atomic E-state index is 0.291. The molecule has 1 aromatic heterocycles. The number of fused-ring (bicyclic) bond motifs is 1. The van der Waals surface area contributed by atoms with Crippen molar-refractivity contribution >= 4 is 11.0 Å². The van der Waals surface area contributed by atoms with Gasteiger partial charge >= 0.3 is 0 Å². The van der Waals surface area contributed by atoms with E-state index in [2.05, 4.69) is 163 Å². The Bertz CT molecular complexity index is 1570. The Balaban J connectivity index is 1.69. The van der Waals surface area contributed by atoms with E-state index in [0.717, 1.165) is 16.7 Å². The average molecular weight is 465 g/mol. The maximum absolute atomic E-state index is 3.80. The molecule has 2 nitrogen and oxygen atoms in total. The molecule has 0 atom stereocenters. The van der Waals surface area contributed by atoms with Crippen LogP contribution in [-0.2, 0) is 5.54 Å². The van der Waals surface area contributed by atoms with E-state index < -0.39 is 0 Å². The first-order chi connectivity index (χ1) is 17.6. The van der Waals surface area contributed by atoms with E-state index in [0.29, 0.717) is 0 Å². The molecule has 0 fully saturated rings. The van der Waals surface area contributed by atoms with E-state index in [1.54, 1.807) is 0 Å². The second-order valence-corrected chi connectivity index (χ2v) is 9.62. The average Bonchev–Trinajstić information content (AvgIpc) is 3.34. The van der Waals surface area contributed by atoms with Crippen LogP contribution in [-0.4, -0.2) is 4.57 Å². The lowest BCUT2D eigenvalue weighted by molar-refractivity contribution is -0.572. The van der Waals surface area contributed by atoms with Gasteiger partial charge in [0.25, 0.3) is 0 Å². The number of aromatic nitrogens is 2. The van der Waals surface area contributed by atoms with Gasteiger partial charge in [-0.2, -0.15) is 0 Å². The zero-order valence-electron chi connectivity index (χ0n) is 20.6. The molecule has 36 heavy (non-hydrogen) atoms. The maximum Gasteiger partial charge on any atom is 0.245 e. The largest absolute Gasteiger partial charge is 0.318 e. The highest BCUT2D eigenvalue weighted by Crippen LogP contribution is 2.35. The first kappa shape index (κ1) is 22.1. The fourth-order valence-electron chi connectivity index (χ4n) is 5.11. The van der Waals surface area contributed by atoms with Gasteiger partial charge in [-0.1, -0.05) is 133 Å². The first-order valence-electron chi connectivity index (χ1n) is 12.4. The summed E-state index contributed by atoms with van der Waals surface area (Å²) in [6, 6.07) is 47.1. The summed E-state index contributed by atoms with van der Waals surface area (Å²) in [7, 11) is 0. The predicted octanol–water partition coefficient (Wildman–Crippen LogP) is 7.84. The van der Waals surface area contributed by atoms with Crippen molar-refractivity contribution in [3.05, 3.63) is 145 Å². The minimum Gasteiger partial charge on any atom is -0.318 e. The fourth-order valence-corrected chi connectivity index (χ4v) is 5.11. The van der Waals surface area contributed by atoms with Crippen LogP contribution in [0.3, 0.4) is 0 Å². The van der Waals surface area contributed by atoms with Gasteiger partial charge in [0.1, 0.15) is 5.54 Å². The van der Waals surface area contributed by atoms with Crippen LogP contribution in [0.1, 0.15) is 19.4 Å². The molecule has 0 N–H and O–H groups in total. The van der Waals surface area contributed by atoms with Crippen molar-refractivity contribution in [3.8, 4) is 27.9 Å². The summed E-state index contributed by atoms with van der Waals surface area (Å²) in [4.78, 5) is 0. The smallest absolute Gasteiger partial charge is 0.245 e. The Morgan fingerprint density at radius 2 is 1.06 bits per heavy atom. The second kappa shape index (κ2) is 8.98. The van der Waals surface area contributed by atoms with Gasteiger partial charge < -0.3 is 9.13 Å². The summed E-state index contributed by atoms with van der Waals surface area (Å²) in [5.41, 5.74) is 9.09. The van der Waals surface area contributed by atoms with Crippen LogP contribution < -0.4 is 4.57 Å². The molecule has 0 bridgehead atoms. The standard InChI is InChI=1S/C34H28N2/c1-34(2,28-19-10-5-11-20-28)36-25-35(31-23-12-13-24-32(31)36)33-29(26-15-6-3-7-16-26)21-14-22-30(33)27-17-8-4-9-18-27/h3-24H,1-2H3. The van der Waals surface area contributed by atoms with E-state index in [9.17, 15) is 0 Å². The van der Waals surface area contributed by atoms with Gasteiger partial charge in [0, 0.05) is 0 Å². The zero-order chi connectivity index (χ0) is 24.5. The first-order valence-corrected chi connectivity index (χ1v) is 12.4. The highest BCUT2D eigenvalue weighted by Gasteiger charge is 2.29. The zero-order valence-corrected chi connectivity index (χ0v) is 20.6. The third-order valence-corrected chi connectivity index (χ3v) is 7.03. The number of rotatable bonds is 5. The molecule has 0 aliphatic rings. The van der Waals surface area contributed by atoms with E-state index in [1.807, 2.05) is 0 Å². The van der Waals surface area contributed by atoms with Crippen LogP contribution in [0.25, 0.3) is 39.0 Å². The van der Waals surface area contributed by atoms with Gasteiger partial charge in [0.15, 0.2) is 0 Å². The van der Waals surface area contributed by atoms with Crippen LogP contribution in [0.15, 0.2) is 133 Å². The highest BCUT2D eigenvalue weighted by atomic mass is 15.2. The molecule has 0 saturated heterocycles. The Labute approximate surface area is 212 Å². The molecule has 0 spiro atoms. The molecule has 0 unspecified atom stereocenters. The number of nitrogens with zero attached hydrogens (tertiary/aromatic N) is 2. The van der Waals surface area contributed by atoms with Gasteiger partial charge in [0.05, 0.1) is 16.7 Å². The Hall–Kier alpha value is -4.43. The van der Waals surface area contributed by atoms with Gasteiger partial charge in [-0.15, -0.1) is 0 Å². The van der Waals surface area contributed by atoms with Crippen LogP contribution in [0.2, 0.25) is 0 Å². The van der Waals surface area contributed by atoms with Gasteiger partial charge in [-0.3, -0.25) is 0 Å². The molecule has 0 amide bonds. The fraction of sp³-hybridized carbons (Fsp3) is 0.0882. The lowest BCUT2D eigenvalue weighted by Crippen LogP contribution is -2.34. The maximum atomic E-state index is 3.80. The number of para-hydroxylation sites is 3. The van der Waals surface area contributed by atoms with Crippen molar-refractivity contribution in [1.82, 2.24) is 4.57 Å². The van der Waals surface area contributed by atoms with Crippen molar-refractivity contribution in [2.24, 2.45) is 0 Å². The topological polar surface area (TPSA) is 8.81 Å². The third-order valence-electron chi connectivity index (χ3n) is 7.03. The summed E-state index contributed by atoms with van der Waals surface area (Å²) in [5, 5.41) is 0. The van der Waals surface area contributed by atoms with Crippen molar-refractivity contribution in [2.45, 2.75) is 19.4 Å². The van der Waals surface area contributed by atoms with E-state index in [4.69, 9.17) is 0 Å². The molecular weight excluding hydrogens is 436 g/mol. The molecule has 0 radical (unpaired) electrons. The van der Waals surface area contributed by atoms with Crippen LogP contribution >= 0.6 is 0 Å². The van der Waals surface area contributed by atoms with E-state index in [1.165, 1.54) is 27.8 Å². The normalized spacial score (nSPS) is 11.6. The molecule has 0 aliphatic heterocycles. The van der Waals surface area contributed by atoms with Crippen LogP contribution in [0.5, 0.6) is 0 Å². The highest BCUT2D eigenvalue weighted by molar-refractivity contribution is 5.84. The number of benzene rings is 5. The minimum atomic E-state index is -0.291. The van der Waals surface area contributed by atoms with Crippen molar-refractivity contribution in [3.63, 3.8) is 0 Å². The van der Waals surface area contributed by atoms with Gasteiger partial charge in [-0.25, -0.2) is 0 Å². The summed E-state index contributed by atoms with van der Waals surface area (Å²) >= 11 is 0. The SMILES string of the molecule is CC(C)(c1ccccc1)n1[c-][n+](-c2c(-c3ccccc3)cccc2-c2ccccc2)c2ccccc21. The Kier molecular flexibility index (Phi) is 5.50. The molecule has 6 rings (SSSR count). The monoisotopic (exact) mass is 464 g/mol. The number of hydrogen-bond donors (Lipinski definition) is 0. The molecule has 6 aromatic rings. The van der Waals surface area contributed by atoms with Crippen LogP contribution in [0.4, 0.5) is 0 Å². The second-order valence-electron chi connectivity index (χ2n) is 9.62. The van der Waals surface area contributed by atoms with E-state index >= 15 is 0 Å². The van der Waals surface area contributed by atoms with Crippen molar-refractivity contribution < 1.29 is 4.57 Å². The summed E-state index contributed by atoms with van der Waals surface area (Å²) in [5.74, 6) is 0. The van der Waals surface area contributed by atoms with Crippen LogP contribution in [0, 0.1) is 6.33 Å². The van der Waals surface area contributed by atoms with Gasteiger partial charge in [0.2, 0.25) is 6.33 Å². The number of hydrogen-bond acceptors (Lipinski definition) is 0. The quantitative estimate of drug-likeness (QED) is 0.182. The Morgan fingerprint density at radius 3 is 1.64 bits per heavy atom. The predicted molar refractivity (Wildman–Crippen MR) is 148 cm³/mol. The lowest BCUT2D eigenvalue weighted by atomic mass is 9.94. The molecule has 0 aliphatic carbocycles. The third kappa shape index (κ3) is 3.72. The van der Waals surface area contributed by atoms with Crippen molar-refractivity contribution in [2.75, 3.05) is 0 Å². The van der Waals surface area contributed by atoms with Gasteiger partial charge in [-0.05, 0) is 41.7 Å². The number of imidazole rings is 1. The Morgan fingerprint density at radius 1 is 0.556 bits per heavy atom. The molecule has 5 aromatic carbocycles. The molecule has 2 heteroatoms.